The van der Waals surface area contributed by atoms with Gasteiger partial charge in [-0.1, -0.05) is 29.3 Å². The molecule has 2 aromatic heterocycles. The van der Waals surface area contributed by atoms with Gasteiger partial charge in [-0.25, -0.2) is 0 Å². The van der Waals surface area contributed by atoms with Gasteiger partial charge in [0.05, 0.1) is 11.6 Å². The van der Waals surface area contributed by atoms with Crippen molar-refractivity contribution in [2.45, 2.75) is 5.60 Å². The Bertz CT molecular complexity index is 832. The molecule has 0 saturated carbocycles. The molecule has 0 fully saturated rings. The smallest absolute Gasteiger partial charge is 0.258 e. The van der Waals surface area contributed by atoms with Gasteiger partial charge in [-0.2, -0.15) is 11.3 Å². The van der Waals surface area contributed by atoms with Gasteiger partial charge in [0.15, 0.2) is 6.61 Å². The van der Waals surface area contributed by atoms with Gasteiger partial charge in [0.25, 0.3) is 5.91 Å². The van der Waals surface area contributed by atoms with Crippen molar-refractivity contribution in [1.82, 2.24) is 5.32 Å². The van der Waals surface area contributed by atoms with E-state index in [1.54, 1.807) is 18.2 Å². The normalized spacial score (nSPS) is 13.2. The second-order valence-electron chi connectivity index (χ2n) is 5.49. The monoisotopic (exact) mass is 427 g/mol. The number of benzene rings is 1. The lowest BCUT2D eigenvalue weighted by Gasteiger charge is -2.27. The predicted octanol–water partition coefficient (Wildman–Crippen LogP) is 4.55. The van der Waals surface area contributed by atoms with E-state index in [1.807, 2.05) is 34.3 Å². The van der Waals surface area contributed by atoms with Crippen molar-refractivity contribution in [3.63, 3.8) is 0 Å². The van der Waals surface area contributed by atoms with Crippen molar-refractivity contribution in [3.05, 3.63) is 73.0 Å². The molecule has 0 radical (unpaired) electrons. The average Bonchev–Trinajstić information content (AvgIpc) is 3.32. The number of thiophene rings is 2. The van der Waals surface area contributed by atoms with E-state index in [0.717, 1.165) is 10.4 Å². The number of amides is 1. The number of aliphatic hydroxyl groups is 1. The van der Waals surface area contributed by atoms with Crippen LogP contribution in [0.5, 0.6) is 5.75 Å². The summed E-state index contributed by atoms with van der Waals surface area (Å²) in [4.78, 5) is 12.9. The Balaban J connectivity index is 1.63. The molecule has 1 atom stereocenters. The fourth-order valence-electron chi connectivity index (χ4n) is 2.36. The molecule has 1 amide bonds. The van der Waals surface area contributed by atoms with Crippen LogP contribution in [0.3, 0.4) is 0 Å². The number of carbonyl (C=O) groups is 1. The first-order chi connectivity index (χ1) is 12.5. The first-order valence-electron chi connectivity index (χ1n) is 7.62. The summed E-state index contributed by atoms with van der Waals surface area (Å²) in [5.74, 6) is 0.0128. The summed E-state index contributed by atoms with van der Waals surface area (Å²) < 4.78 is 5.42. The molecule has 0 saturated heterocycles. The van der Waals surface area contributed by atoms with Crippen LogP contribution in [0.2, 0.25) is 10.0 Å². The Morgan fingerprint density at radius 3 is 2.73 bits per heavy atom. The van der Waals surface area contributed by atoms with Crippen molar-refractivity contribution >= 4 is 51.8 Å². The number of nitrogens with one attached hydrogen (secondary N) is 1. The minimum absolute atomic E-state index is 0.0425. The molecule has 4 nitrogen and oxygen atoms in total. The Morgan fingerprint density at radius 2 is 2.08 bits per heavy atom. The highest BCUT2D eigenvalue weighted by Crippen LogP contribution is 2.33. The molecule has 0 spiro atoms. The zero-order chi connectivity index (χ0) is 18.6. The summed E-state index contributed by atoms with van der Waals surface area (Å²) in [5, 5.41) is 20.4. The molecule has 2 heterocycles. The molecule has 26 heavy (non-hydrogen) atoms. The molecule has 2 N–H and O–H groups in total. The van der Waals surface area contributed by atoms with E-state index < -0.39 is 5.60 Å². The Labute approximate surface area is 169 Å². The van der Waals surface area contributed by atoms with E-state index in [-0.39, 0.29) is 19.1 Å². The maximum Gasteiger partial charge on any atom is 0.258 e. The van der Waals surface area contributed by atoms with E-state index >= 15 is 0 Å². The largest absolute Gasteiger partial charge is 0.482 e. The number of rotatable bonds is 7. The average molecular weight is 428 g/mol. The molecule has 1 aromatic carbocycles. The summed E-state index contributed by atoms with van der Waals surface area (Å²) in [6.45, 7) is -0.174. The minimum atomic E-state index is -1.28. The zero-order valence-corrected chi connectivity index (χ0v) is 16.6. The van der Waals surface area contributed by atoms with E-state index in [1.165, 1.54) is 22.7 Å². The van der Waals surface area contributed by atoms with Crippen molar-refractivity contribution in [3.8, 4) is 5.75 Å². The van der Waals surface area contributed by atoms with Gasteiger partial charge in [0.1, 0.15) is 11.4 Å². The summed E-state index contributed by atoms with van der Waals surface area (Å²) in [5.41, 5.74) is -0.534. The number of carbonyl (C=O) groups excluding carboxylic acids is 1. The molecule has 0 bridgehead atoms. The fourth-order valence-corrected chi connectivity index (χ4v) is 4.39. The molecule has 136 valence electrons. The molecule has 3 aromatic rings. The lowest BCUT2D eigenvalue weighted by molar-refractivity contribution is -0.124. The summed E-state index contributed by atoms with van der Waals surface area (Å²) in [6, 6.07) is 10.3. The molecule has 0 aliphatic heterocycles. The van der Waals surface area contributed by atoms with Gasteiger partial charge in [-0.05, 0) is 46.5 Å². The lowest BCUT2D eigenvalue weighted by atomic mass is 9.94. The standard InChI is InChI=1S/C18H15Cl2NO3S2/c19-13-3-4-15(14(20)8-13)24-9-17(22)21-11-18(23,12-5-7-25-10-12)16-2-1-6-26-16/h1-8,10,23H,9,11H2,(H,21,22)/t18-/m0/s1. The van der Waals surface area contributed by atoms with Crippen LogP contribution in [0.25, 0.3) is 0 Å². The Hall–Kier alpha value is -1.57. The van der Waals surface area contributed by atoms with Crippen molar-refractivity contribution in [2.75, 3.05) is 13.2 Å². The Kier molecular flexibility index (Phi) is 6.21. The van der Waals surface area contributed by atoms with Gasteiger partial charge in [-0.3, -0.25) is 4.79 Å². The third-order valence-corrected chi connectivity index (χ3v) is 5.96. The number of halogens is 2. The van der Waals surface area contributed by atoms with Crippen LogP contribution in [-0.2, 0) is 10.4 Å². The molecule has 0 aliphatic rings. The van der Waals surface area contributed by atoms with E-state index in [0.29, 0.717) is 15.8 Å². The van der Waals surface area contributed by atoms with Crippen molar-refractivity contribution < 1.29 is 14.6 Å². The molecular weight excluding hydrogens is 413 g/mol. The number of ether oxygens (including phenoxy) is 1. The summed E-state index contributed by atoms with van der Waals surface area (Å²) in [6.07, 6.45) is 0. The Morgan fingerprint density at radius 1 is 1.23 bits per heavy atom. The second kappa shape index (κ2) is 8.41. The van der Waals surface area contributed by atoms with Gasteiger partial charge in [0.2, 0.25) is 0 Å². The van der Waals surface area contributed by atoms with Crippen LogP contribution < -0.4 is 10.1 Å². The van der Waals surface area contributed by atoms with Gasteiger partial charge in [0, 0.05) is 15.5 Å². The second-order valence-corrected chi connectivity index (χ2v) is 8.06. The van der Waals surface area contributed by atoms with Crippen LogP contribution in [0.15, 0.2) is 52.5 Å². The van der Waals surface area contributed by atoms with Crippen molar-refractivity contribution in [1.29, 1.82) is 0 Å². The number of hydrogen-bond donors (Lipinski definition) is 2. The first-order valence-corrected chi connectivity index (χ1v) is 10.2. The fraction of sp³-hybridized carbons (Fsp3) is 0.167. The molecule has 8 heteroatoms. The van der Waals surface area contributed by atoms with Gasteiger partial charge >= 0.3 is 0 Å². The van der Waals surface area contributed by atoms with Gasteiger partial charge < -0.3 is 15.2 Å². The van der Waals surface area contributed by atoms with Crippen LogP contribution in [0.4, 0.5) is 0 Å². The third-order valence-electron chi connectivity index (χ3n) is 3.72. The maximum atomic E-state index is 12.2. The topological polar surface area (TPSA) is 58.6 Å². The lowest BCUT2D eigenvalue weighted by Crippen LogP contribution is -2.42. The maximum absolute atomic E-state index is 12.2. The first kappa shape index (κ1) is 19.2. The van der Waals surface area contributed by atoms with E-state index in [4.69, 9.17) is 27.9 Å². The highest BCUT2D eigenvalue weighted by atomic mass is 35.5. The summed E-state index contributed by atoms with van der Waals surface area (Å²) in [7, 11) is 0. The van der Waals surface area contributed by atoms with E-state index in [2.05, 4.69) is 5.32 Å². The predicted molar refractivity (Wildman–Crippen MR) is 107 cm³/mol. The van der Waals surface area contributed by atoms with Crippen LogP contribution in [-0.4, -0.2) is 24.2 Å². The van der Waals surface area contributed by atoms with Crippen LogP contribution >= 0.6 is 45.9 Å². The SMILES string of the molecule is O=C(COc1ccc(Cl)cc1Cl)NC[C@](O)(c1ccsc1)c1cccs1. The quantitative estimate of drug-likeness (QED) is 0.581. The van der Waals surface area contributed by atoms with Gasteiger partial charge in [-0.15, -0.1) is 11.3 Å². The minimum Gasteiger partial charge on any atom is -0.482 e. The third kappa shape index (κ3) is 4.39. The molecular formula is C18H15Cl2NO3S2. The molecule has 0 aliphatic carbocycles. The zero-order valence-electron chi connectivity index (χ0n) is 13.4. The van der Waals surface area contributed by atoms with E-state index in [9.17, 15) is 9.90 Å². The summed E-state index contributed by atoms with van der Waals surface area (Å²) >= 11 is 14.8. The van der Waals surface area contributed by atoms with Crippen LogP contribution in [0.1, 0.15) is 10.4 Å². The molecule has 0 unspecified atom stereocenters. The van der Waals surface area contributed by atoms with Crippen molar-refractivity contribution in [2.24, 2.45) is 0 Å². The highest BCUT2D eigenvalue weighted by Gasteiger charge is 2.33. The highest BCUT2D eigenvalue weighted by molar-refractivity contribution is 7.10. The number of hydrogen-bond acceptors (Lipinski definition) is 5. The molecule has 3 rings (SSSR count). The van der Waals surface area contributed by atoms with Crippen LogP contribution in [0, 0.1) is 0 Å².